The smallest absolute Gasteiger partial charge is 0.163 e. The lowest BCUT2D eigenvalue weighted by atomic mass is 9.99. The molecular formula is C14H18O. The first-order chi connectivity index (χ1) is 7.16. The van der Waals surface area contributed by atoms with Crippen LogP contribution in [-0.4, -0.2) is 5.78 Å². The van der Waals surface area contributed by atoms with Gasteiger partial charge in [-0.3, -0.25) is 4.79 Å². The third-order valence-electron chi connectivity index (χ3n) is 3.07. The van der Waals surface area contributed by atoms with E-state index in [1.807, 2.05) is 12.1 Å². The molecule has 2 rings (SSSR count). The number of rotatable bonds is 4. The highest BCUT2D eigenvalue weighted by molar-refractivity contribution is 5.96. The molecule has 1 aliphatic rings. The average Bonchev–Trinajstić information content (AvgIpc) is 3.02. The normalized spacial score (nSPS) is 15.7. The summed E-state index contributed by atoms with van der Waals surface area (Å²) in [6, 6.07) is 8.09. The van der Waals surface area contributed by atoms with E-state index < -0.39 is 0 Å². The van der Waals surface area contributed by atoms with Crippen molar-refractivity contribution in [1.29, 1.82) is 0 Å². The van der Waals surface area contributed by atoms with Gasteiger partial charge in [0.25, 0.3) is 0 Å². The van der Waals surface area contributed by atoms with Crippen LogP contribution >= 0.6 is 0 Å². The molecule has 1 nitrogen and oxygen atoms in total. The summed E-state index contributed by atoms with van der Waals surface area (Å²) in [7, 11) is 0. The molecule has 1 fully saturated rings. The minimum absolute atomic E-state index is 0.313. The molecule has 0 heterocycles. The molecule has 1 aromatic carbocycles. The van der Waals surface area contributed by atoms with Gasteiger partial charge in [-0.05, 0) is 30.2 Å². The van der Waals surface area contributed by atoms with E-state index in [9.17, 15) is 4.79 Å². The Balaban J connectivity index is 2.04. The lowest BCUT2D eigenvalue weighted by Crippen LogP contribution is -2.00. The van der Waals surface area contributed by atoms with Crippen LogP contribution < -0.4 is 0 Å². The van der Waals surface area contributed by atoms with Gasteiger partial charge in [0.05, 0.1) is 0 Å². The van der Waals surface area contributed by atoms with Gasteiger partial charge in [0.2, 0.25) is 0 Å². The van der Waals surface area contributed by atoms with Crippen molar-refractivity contribution >= 4 is 5.78 Å². The predicted molar refractivity (Wildman–Crippen MR) is 62.2 cm³/mol. The van der Waals surface area contributed by atoms with Gasteiger partial charge in [0, 0.05) is 12.0 Å². The third-order valence-corrected chi connectivity index (χ3v) is 3.07. The monoisotopic (exact) mass is 202 g/mol. The fraction of sp³-hybridized carbons (Fsp3) is 0.500. The van der Waals surface area contributed by atoms with Crippen molar-refractivity contribution < 1.29 is 4.79 Å². The van der Waals surface area contributed by atoms with Gasteiger partial charge in [-0.1, -0.05) is 38.1 Å². The Bertz CT molecular complexity index is 344. The molecule has 1 aromatic rings. The highest BCUT2D eigenvalue weighted by Gasteiger charge is 2.24. The van der Waals surface area contributed by atoms with Gasteiger partial charge >= 0.3 is 0 Å². The van der Waals surface area contributed by atoms with E-state index in [1.54, 1.807) is 0 Å². The first-order valence-electron chi connectivity index (χ1n) is 5.80. The standard InChI is InChI=1S/C14H18O/c1-10(2)12-5-7-13(8-6-12)14(15)9-11-3-4-11/h5-8,10-11H,3-4,9H2,1-2H3. The highest BCUT2D eigenvalue weighted by Crippen LogP contribution is 2.33. The molecule has 0 radical (unpaired) electrons. The largest absolute Gasteiger partial charge is 0.294 e. The topological polar surface area (TPSA) is 17.1 Å². The Kier molecular flexibility index (Phi) is 2.90. The first kappa shape index (κ1) is 10.4. The number of carbonyl (C=O) groups is 1. The van der Waals surface area contributed by atoms with E-state index in [4.69, 9.17) is 0 Å². The quantitative estimate of drug-likeness (QED) is 0.679. The highest BCUT2D eigenvalue weighted by atomic mass is 16.1. The Hall–Kier alpha value is -1.11. The summed E-state index contributed by atoms with van der Waals surface area (Å²) in [5.74, 6) is 1.53. The minimum Gasteiger partial charge on any atom is -0.294 e. The maximum Gasteiger partial charge on any atom is 0.163 e. The molecule has 0 N–H and O–H groups in total. The van der Waals surface area contributed by atoms with E-state index in [1.165, 1.54) is 18.4 Å². The molecule has 0 spiro atoms. The van der Waals surface area contributed by atoms with Crippen LogP contribution in [0.15, 0.2) is 24.3 Å². The number of hydrogen-bond donors (Lipinski definition) is 0. The maximum absolute atomic E-state index is 11.8. The van der Waals surface area contributed by atoms with Crippen LogP contribution in [0.1, 0.15) is 54.9 Å². The summed E-state index contributed by atoms with van der Waals surface area (Å²) >= 11 is 0. The van der Waals surface area contributed by atoms with Crippen molar-refractivity contribution in [1.82, 2.24) is 0 Å². The van der Waals surface area contributed by atoms with Gasteiger partial charge in [-0.15, -0.1) is 0 Å². The molecule has 1 aliphatic carbocycles. The Morgan fingerprint density at radius 2 is 1.87 bits per heavy atom. The zero-order valence-corrected chi connectivity index (χ0v) is 9.49. The van der Waals surface area contributed by atoms with Crippen LogP contribution in [0.25, 0.3) is 0 Å². The van der Waals surface area contributed by atoms with Crippen LogP contribution in [0.3, 0.4) is 0 Å². The van der Waals surface area contributed by atoms with E-state index in [0.717, 1.165) is 12.0 Å². The molecule has 0 atom stereocenters. The van der Waals surface area contributed by atoms with Crippen molar-refractivity contribution in [3.8, 4) is 0 Å². The maximum atomic E-state index is 11.8. The molecule has 0 amide bonds. The van der Waals surface area contributed by atoms with Crippen LogP contribution in [0, 0.1) is 5.92 Å². The summed E-state index contributed by atoms with van der Waals surface area (Å²) < 4.78 is 0. The van der Waals surface area contributed by atoms with Crippen LogP contribution in [0.2, 0.25) is 0 Å². The van der Waals surface area contributed by atoms with E-state index >= 15 is 0 Å². The van der Waals surface area contributed by atoms with Gasteiger partial charge in [-0.2, -0.15) is 0 Å². The van der Waals surface area contributed by atoms with Gasteiger partial charge in [-0.25, -0.2) is 0 Å². The summed E-state index contributed by atoms with van der Waals surface area (Å²) in [6.45, 7) is 4.34. The second-order valence-electron chi connectivity index (χ2n) is 4.85. The molecule has 0 saturated heterocycles. The lowest BCUT2D eigenvalue weighted by molar-refractivity contribution is 0.0976. The summed E-state index contributed by atoms with van der Waals surface area (Å²) in [4.78, 5) is 11.8. The fourth-order valence-electron chi connectivity index (χ4n) is 1.76. The summed E-state index contributed by atoms with van der Waals surface area (Å²) in [6.07, 6.45) is 3.24. The molecule has 0 aliphatic heterocycles. The number of ketones is 1. The third kappa shape index (κ3) is 2.68. The Morgan fingerprint density at radius 3 is 2.33 bits per heavy atom. The average molecular weight is 202 g/mol. The van der Waals surface area contributed by atoms with E-state index in [-0.39, 0.29) is 0 Å². The number of Topliss-reactive ketones (excluding diaryl/α,β-unsaturated/α-hetero) is 1. The van der Waals surface area contributed by atoms with Gasteiger partial charge < -0.3 is 0 Å². The minimum atomic E-state index is 0.313. The number of benzene rings is 1. The van der Waals surface area contributed by atoms with Gasteiger partial charge in [0.15, 0.2) is 5.78 Å². The van der Waals surface area contributed by atoms with Gasteiger partial charge in [0.1, 0.15) is 0 Å². The molecule has 1 saturated carbocycles. The van der Waals surface area contributed by atoms with E-state index in [0.29, 0.717) is 17.6 Å². The van der Waals surface area contributed by atoms with Crippen LogP contribution in [0.4, 0.5) is 0 Å². The molecular weight excluding hydrogens is 184 g/mol. The summed E-state index contributed by atoms with van der Waals surface area (Å²) in [5, 5.41) is 0. The van der Waals surface area contributed by atoms with E-state index in [2.05, 4.69) is 26.0 Å². The zero-order valence-electron chi connectivity index (χ0n) is 9.49. The van der Waals surface area contributed by atoms with Crippen molar-refractivity contribution in [3.05, 3.63) is 35.4 Å². The number of hydrogen-bond acceptors (Lipinski definition) is 1. The van der Waals surface area contributed by atoms with Crippen LogP contribution in [-0.2, 0) is 0 Å². The lowest BCUT2D eigenvalue weighted by Gasteiger charge is -2.06. The Morgan fingerprint density at radius 1 is 1.27 bits per heavy atom. The molecule has 0 unspecified atom stereocenters. The molecule has 80 valence electrons. The van der Waals surface area contributed by atoms with Crippen molar-refractivity contribution in [2.75, 3.05) is 0 Å². The van der Waals surface area contributed by atoms with Crippen molar-refractivity contribution in [3.63, 3.8) is 0 Å². The molecule has 0 bridgehead atoms. The summed E-state index contributed by atoms with van der Waals surface area (Å²) in [5.41, 5.74) is 2.18. The SMILES string of the molecule is CC(C)c1ccc(C(=O)CC2CC2)cc1. The van der Waals surface area contributed by atoms with Crippen LogP contribution in [0.5, 0.6) is 0 Å². The molecule has 1 heteroatoms. The second kappa shape index (κ2) is 4.18. The zero-order chi connectivity index (χ0) is 10.8. The van der Waals surface area contributed by atoms with Crippen molar-refractivity contribution in [2.45, 2.75) is 39.0 Å². The number of carbonyl (C=O) groups excluding carboxylic acids is 1. The first-order valence-corrected chi connectivity index (χ1v) is 5.80. The fourth-order valence-corrected chi connectivity index (χ4v) is 1.76. The second-order valence-corrected chi connectivity index (χ2v) is 4.85. The molecule has 0 aromatic heterocycles. The predicted octanol–water partition coefficient (Wildman–Crippen LogP) is 3.79. The Labute approximate surface area is 91.5 Å². The van der Waals surface area contributed by atoms with Crippen molar-refractivity contribution in [2.24, 2.45) is 5.92 Å². The molecule has 15 heavy (non-hydrogen) atoms.